The first-order chi connectivity index (χ1) is 7.38. The molecule has 0 unspecified atom stereocenters. The van der Waals surface area contributed by atoms with Crippen LogP contribution in [-0.2, 0) is 14.8 Å². The first-order valence-electron chi connectivity index (χ1n) is 4.38. The van der Waals surface area contributed by atoms with E-state index in [0.717, 1.165) is 0 Å². The normalized spacial score (nSPS) is 14.2. The van der Waals surface area contributed by atoms with Gasteiger partial charge in [-0.25, -0.2) is 8.42 Å². The molecule has 2 rings (SSSR count). The van der Waals surface area contributed by atoms with Crippen LogP contribution in [0.1, 0.15) is 11.1 Å². The Bertz CT molecular complexity index is 539. The number of fused-ring (bicyclic) bond motifs is 1. The zero-order chi connectivity index (χ0) is 11.9. The third kappa shape index (κ3) is 2.21. The summed E-state index contributed by atoms with van der Waals surface area (Å²) in [7, 11) is 1.58. The molecule has 1 aromatic rings. The molecule has 0 radical (unpaired) electrons. The van der Waals surface area contributed by atoms with E-state index in [-0.39, 0.29) is 12.5 Å². The second-order valence-corrected chi connectivity index (χ2v) is 6.55. The zero-order valence-corrected chi connectivity index (χ0v) is 10.6. The summed E-state index contributed by atoms with van der Waals surface area (Å²) in [5.74, 6) is 0.623. The summed E-state index contributed by atoms with van der Waals surface area (Å²) in [4.78, 5) is 0. The van der Waals surface area contributed by atoms with Crippen LogP contribution in [0.4, 0.5) is 0 Å². The second kappa shape index (κ2) is 3.98. The first-order valence-corrected chi connectivity index (χ1v) is 7.24. The topological polar surface area (TPSA) is 52.6 Å². The summed E-state index contributed by atoms with van der Waals surface area (Å²) < 4.78 is 32.3. The Morgan fingerprint density at radius 1 is 1.44 bits per heavy atom. The first kappa shape index (κ1) is 11.8. The number of halogens is 2. The Balaban J connectivity index is 2.52. The molecule has 1 aliphatic heterocycles. The van der Waals surface area contributed by atoms with Crippen molar-refractivity contribution in [3.63, 3.8) is 0 Å². The maximum absolute atomic E-state index is 11.0. The third-order valence-electron chi connectivity index (χ3n) is 2.28. The fourth-order valence-electron chi connectivity index (χ4n) is 1.48. The van der Waals surface area contributed by atoms with Gasteiger partial charge in [-0.05, 0) is 24.1 Å². The Morgan fingerprint density at radius 3 is 2.75 bits per heavy atom. The van der Waals surface area contributed by atoms with E-state index in [1.165, 1.54) is 0 Å². The van der Waals surface area contributed by atoms with E-state index in [9.17, 15) is 8.42 Å². The van der Waals surface area contributed by atoms with E-state index in [1.807, 2.05) is 0 Å². The maximum Gasteiger partial charge on any atom is 0.236 e. The van der Waals surface area contributed by atoms with Crippen LogP contribution in [0.5, 0.6) is 11.5 Å². The molecular weight excluding hydrogens is 275 g/mol. The van der Waals surface area contributed by atoms with Gasteiger partial charge < -0.3 is 9.47 Å². The van der Waals surface area contributed by atoms with Gasteiger partial charge in [0, 0.05) is 10.7 Å². The highest BCUT2D eigenvalue weighted by Crippen LogP contribution is 2.42. The second-order valence-electron chi connectivity index (χ2n) is 3.39. The fraction of sp³-hybridized carbons (Fsp3) is 0.333. The Morgan fingerprint density at radius 2 is 2.12 bits per heavy atom. The van der Waals surface area contributed by atoms with E-state index in [1.54, 1.807) is 13.0 Å². The van der Waals surface area contributed by atoms with Gasteiger partial charge in [0.2, 0.25) is 15.8 Å². The predicted octanol–water partition coefficient (Wildman–Crippen LogP) is 2.45. The lowest BCUT2D eigenvalue weighted by atomic mass is 10.1. The van der Waals surface area contributed by atoms with Crippen molar-refractivity contribution < 1.29 is 17.9 Å². The molecule has 0 bridgehead atoms. The van der Waals surface area contributed by atoms with Gasteiger partial charge in [-0.1, -0.05) is 11.6 Å². The van der Waals surface area contributed by atoms with E-state index in [0.29, 0.717) is 27.6 Å². The lowest BCUT2D eigenvalue weighted by Gasteiger charge is -2.08. The molecule has 0 saturated carbocycles. The highest BCUT2D eigenvalue weighted by atomic mass is 35.7. The SMILES string of the molecule is Cc1c(CS(=O)(=O)Cl)cc2c(c1Cl)OCO2. The van der Waals surface area contributed by atoms with Gasteiger partial charge in [-0.3, -0.25) is 0 Å². The van der Waals surface area contributed by atoms with Crippen molar-refractivity contribution in [3.8, 4) is 11.5 Å². The number of ether oxygens (including phenoxy) is 2. The van der Waals surface area contributed by atoms with Crippen molar-refractivity contribution in [1.82, 2.24) is 0 Å². The van der Waals surface area contributed by atoms with Crippen LogP contribution in [0, 0.1) is 6.92 Å². The zero-order valence-electron chi connectivity index (χ0n) is 8.29. The summed E-state index contributed by atoms with van der Waals surface area (Å²) in [5.41, 5.74) is 1.15. The largest absolute Gasteiger partial charge is 0.454 e. The minimum absolute atomic E-state index is 0.0889. The Labute approximate surface area is 102 Å². The smallest absolute Gasteiger partial charge is 0.236 e. The molecule has 4 nitrogen and oxygen atoms in total. The number of hydrogen-bond acceptors (Lipinski definition) is 4. The van der Waals surface area contributed by atoms with Gasteiger partial charge >= 0.3 is 0 Å². The molecule has 0 saturated heterocycles. The summed E-state index contributed by atoms with van der Waals surface area (Å²) in [6, 6.07) is 1.59. The molecule has 1 aliphatic rings. The van der Waals surface area contributed by atoms with Crippen molar-refractivity contribution in [2.75, 3.05) is 6.79 Å². The molecule has 0 fully saturated rings. The summed E-state index contributed by atoms with van der Waals surface area (Å²) >= 11 is 6.03. The molecule has 0 atom stereocenters. The molecule has 0 amide bonds. The van der Waals surface area contributed by atoms with E-state index in [2.05, 4.69) is 0 Å². The molecule has 1 aromatic carbocycles. The lowest BCUT2D eigenvalue weighted by molar-refractivity contribution is 0.174. The van der Waals surface area contributed by atoms with Gasteiger partial charge in [0.1, 0.15) is 0 Å². The average molecular weight is 283 g/mol. The van der Waals surface area contributed by atoms with E-state index in [4.69, 9.17) is 31.8 Å². The van der Waals surface area contributed by atoms with Crippen LogP contribution in [0.25, 0.3) is 0 Å². The molecule has 7 heteroatoms. The summed E-state index contributed by atoms with van der Waals surface area (Å²) in [6.07, 6.45) is 0. The fourth-order valence-corrected chi connectivity index (χ4v) is 2.77. The van der Waals surface area contributed by atoms with Crippen LogP contribution in [0.15, 0.2) is 6.07 Å². The van der Waals surface area contributed by atoms with Crippen molar-refractivity contribution in [2.45, 2.75) is 12.7 Å². The molecule has 0 N–H and O–H groups in total. The van der Waals surface area contributed by atoms with Crippen LogP contribution in [0.2, 0.25) is 5.02 Å². The Hall–Kier alpha value is -0.650. The van der Waals surface area contributed by atoms with Crippen molar-refractivity contribution in [2.24, 2.45) is 0 Å². The molecule has 1 heterocycles. The average Bonchev–Trinajstić information content (AvgIpc) is 2.59. The maximum atomic E-state index is 11.0. The minimum atomic E-state index is -3.62. The highest BCUT2D eigenvalue weighted by molar-refractivity contribution is 8.13. The predicted molar refractivity (Wildman–Crippen MR) is 60.8 cm³/mol. The molecule has 88 valence electrons. The standard InChI is InChI=1S/C9H8Cl2O4S/c1-5-6(3-16(11,12)13)2-7-9(8(5)10)15-4-14-7/h2H,3-4H2,1H3. The quantitative estimate of drug-likeness (QED) is 0.782. The van der Waals surface area contributed by atoms with E-state index < -0.39 is 9.05 Å². The van der Waals surface area contributed by atoms with E-state index >= 15 is 0 Å². The number of rotatable bonds is 2. The molecular formula is C9H8Cl2O4S. The Kier molecular flexibility index (Phi) is 2.94. The van der Waals surface area contributed by atoms with Gasteiger partial charge in [0.05, 0.1) is 10.8 Å². The number of benzene rings is 1. The summed E-state index contributed by atoms with van der Waals surface area (Å²) in [6.45, 7) is 1.80. The molecule has 0 spiro atoms. The third-order valence-corrected chi connectivity index (χ3v) is 3.72. The van der Waals surface area contributed by atoms with Gasteiger partial charge in [0.25, 0.3) is 0 Å². The van der Waals surface area contributed by atoms with Gasteiger partial charge in [-0.2, -0.15) is 0 Å². The monoisotopic (exact) mass is 282 g/mol. The van der Waals surface area contributed by atoms with Crippen molar-refractivity contribution >= 4 is 31.3 Å². The van der Waals surface area contributed by atoms with Crippen LogP contribution < -0.4 is 9.47 Å². The highest BCUT2D eigenvalue weighted by Gasteiger charge is 2.23. The minimum Gasteiger partial charge on any atom is -0.454 e. The van der Waals surface area contributed by atoms with Crippen molar-refractivity contribution in [3.05, 3.63) is 22.2 Å². The van der Waals surface area contributed by atoms with Crippen LogP contribution in [0.3, 0.4) is 0 Å². The molecule has 16 heavy (non-hydrogen) atoms. The molecule has 0 aliphatic carbocycles. The van der Waals surface area contributed by atoms with Crippen LogP contribution in [-0.4, -0.2) is 15.2 Å². The van der Waals surface area contributed by atoms with Gasteiger partial charge in [0.15, 0.2) is 11.5 Å². The van der Waals surface area contributed by atoms with Crippen LogP contribution >= 0.6 is 22.3 Å². The molecule has 0 aromatic heterocycles. The summed E-state index contributed by atoms with van der Waals surface area (Å²) in [5, 5.41) is 0.366. The lowest BCUT2D eigenvalue weighted by Crippen LogP contribution is -1.98. The van der Waals surface area contributed by atoms with Gasteiger partial charge in [-0.15, -0.1) is 0 Å². The number of hydrogen-bond donors (Lipinski definition) is 0. The van der Waals surface area contributed by atoms with Crippen molar-refractivity contribution in [1.29, 1.82) is 0 Å².